The van der Waals surface area contributed by atoms with Gasteiger partial charge in [0, 0.05) is 12.1 Å². The number of hydrogen-bond acceptors (Lipinski definition) is 4. The van der Waals surface area contributed by atoms with Crippen molar-refractivity contribution in [3.05, 3.63) is 42.0 Å². The molecule has 2 N–H and O–H groups in total. The van der Waals surface area contributed by atoms with Crippen LogP contribution in [0.1, 0.15) is 78.5 Å². The van der Waals surface area contributed by atoms with E-state index in [-0.39, 0.29) is 18.4 Å². The molecule has 0 radical (unpaired) electrons. The van der Waals surface area contributed by atoms with Crippen molar-refractivity contribution in [3.8, 4) is 0 Å². The van der Waals surface area contributed by atoms with Crippen LogP contribution in [0.5, 0.6) is 0 Å². The third kappa shape index (κ3) is 9.54. The Bertz CT molecular complexity index is 806. The fraction of sp³-hybridized carbons (Fsp3) is 0.560. The van der Waals surface area contributed by atoms with Gasteiger partial charge in [0.1, 0.15) is 18.2 Å². The maximum Gasteiger partial charge on any atom is 0.408 e. The highest BCUT2D eigenvalue weighted by Gasteiger charge is 2.33. The molecule has 0 heterocycles. The topological polar surface area (TPSA) is 87.7 Å². The van der Waals surface area contributed by atoms with Gasteiger partial charge in [-0.25, -0.2) is 4.79 Å². The van der Waals surface area contributed by atoms with E-state index in [1.807, 2.05) is 52.0 Å². The van der Waals surface area contributed by atoms with Crippen molar-refractivity contribution in [2.75, 3.05) is 13.1 Å². The summed E-state index contributed by atoms with van der Waals surface area (Å²) in [5, 5.41) is 5.50. The van der Waals surface area contributed by atoms with Crippen molar-refractivity contribution < 1.29 is 19.1 Å². The first-order valence-electron chi connectivity index (χ1n) is 11.1. The Balaban J connectivity index is 3.26. The molecule has 1 rings (SSSR count). The lowest BCUT2D eigenvalue weighted by atomic mass is 9.99. The highest BCUT2D eigenvalue weighted by Crippen LogP contribution is 2.24. The monoisotopic (exact) mass is 445 g/mol. The fourth-order valence-electron chi connectivity index (χ4n) is 3.06. The molecule has 0 aliphatic rings. The maximum atomic E-state index is 13.4. The fourth-order valence-corrected chi connectivity index (χ4v) is 3.06. The average Bonchev–Trinajstić information content (AvgIpc) is 2.66. The van der Waals surface area contributed by atoms with Crippen LogP contribution in [0.3, 0.4) is 0 Å². The summed E-state index contributed by atoms with van der Waals surface area (Å²) in [6.07, 6.45) is 2.60. The number of hydrogen-bond donors (Lipinski definition) is 2. The van der Waals surface area contributed by atoms with Gasteiger partial charge in [0.25, 0.3) is 0 Å². The molecule has 3 amide bonds. The third-order valence-corrected chi connectivity index (χ3v) is 4.38. The van der Waals surface area contributed by atoms with Crippen molar-refractivity contribution in [1.82, 2.24) is 15.5 Å². The van der Waals surface area contributed by atoms with Gasteiger partial charge in [-0.05, 0) is 65.2 Å². The molecule has 0 aromatic heterocycles. The molecule has 7 nitrogen and oxygen atoms in total. The molecule has 32 heavy (non-hydrogen) atoms. The first-order chi connectivity index (χ1) is 14.8. The molecule has 1 atom stereocenters. The van der Waals surface area contributed by atoms with Crippen molar-refractivity contribution in [2.45, 2.75) is 78.5 Å². The minimum atomic E-state index is -0.839. The SMILES string of the molecule is C=Cc1cccc(C(C(=O)NC(C)(C)C)N(CCCC)C(=O)CNC(=O)OC(C)(C)C)c1. The van der Waals surface area contributed by atoms with Crippen molar-refractivity contribution in [1.29, 1.82) is 0 Å². The Kier molecular flexibility index (Phi) is 9.94. The molecule has 7 heteroatoms. The Labute approximate surface area is 192 Å². The van der Waals surface area contributed by atoms with E-state index >= 15 is 0 Å². The second-order valence-electron chi connectivity index (χ2n) is 9.81. The van der Waals surface area contributed by atoms with Crippen LogP contribution in [0, 0.1) is 0 Å². The van der Waals surface area contributed by atoms with Crippen molar-refractivity contribution in [3.63, 3.8) is 0 Å². The van der Waals surface area contributed by atoms with Gasteiger partial charge in [-0.3, -0.25) is 9.59 Å². The summed E-state index contributed by atoms with van der Waals surface area (Å²) < 4.78 is 5.23. The molecule has 0 aliphatic heterocycles. The zero-order chi connectivity index (χ0) is 24.5. The molecule has 0 fully saturated rings. The summed E-state index contributed by atoms with van der Waals surface area (Å²) in [6.45, 7) is 16.9. The Morgan fingerprint density at radius 3 is 2.34 bits per heavy atom. The average molecular weight is 446 g/mol. The molecule has 1 aromatic carbocycles. The second-order valence-corrected chi connectivity index (χ2v) is 9.81. The first kappa shape index (κ1) is 27.2. The summed E-state index contributed by atoms with van der Waals surface area (Å²) >= 11 is 0. The summed E-state index contributed by atoms with van der Waals surface area (Å²) in [7, 11) is 0. The van der Waals surface area contributed by atoms with Gasteiger partial charge in [0.05, 0.1) is 0 Å². The van der Waals surface area contributed by atoms with E-state index < -0.39 is 23.3 Å². The molecule has 1 aromatic rings. The number of carbonyl (C=O) groups is 3. The number of carbonyl (C=O) groups excluding carboxylic acids is 3. The number of unbranched alkanes of at least 4 members (excludes halogenated alkanes) is 1. The number of nitrogens with zero attached hydrogens (tertiary/aromatic N) is 1. The zero-order valence-electron chi connectivity index (χ0n) is 20.6. The van der Waals surface area contributed by atoms with Crippen LogP contribution in [0.2, 0.25) is 0 Å². The van der Waals surface area contributed by atoms with Gasteiger partial charge < -0.3 is 20.3 Å². The van der Waals surface area contributed by atoms with E-state index in [1.165, 1.54) is 4.90 Å². The smallest absolute Gasteiger partial charge is 0.408 e. The summed E-state index contributed by atoms with van der Waals surface area (Å²) in [6, 6.07) is 6.57. The molecule has 1 unspecified atom stereocenters. The lowest BCUT2D eigenvalue weighted by molar-refractivity contribution is -0.141. The third-order valence-electron chi connectivity index (χ3n) is 4.38. The minimum absolute atomic E-state index is 0.265. The summed E-state index contributed by atoms with van der Waals surface area (Å²) in [5.41, 5.74) is 0.395. The first-order valence-corrected chi connectivity index (χ1v) is 11.1. The lowest BCUT2D eigenvalue weighted by Gasteiger charge is -2.34. The van der Waals surface area contributed by atoms with Gasteiger partial charge in [-0.1, -0.05) is 44.2 Å². The molecular weight excluding hydrogens is 406 g/mol. The summed E-state index contributed by atoms with van der Waals surface area (Å²) in [4.78, 5) is 40.1. The predicted octanol–water partition coefficient (Wildman–Crippen LogP) is 4.44. The highest BCUT2D eigenvalue weighted by molar-refractivity contribution is 5.90. The van der Waals surface area contributed by atoms with Gasteiger partial charge in [-0.2, -0.15) is 0 Å². The van der Waals surface area contributed by atoms with Crippen LogP contribution >= 0.6 is 0 Å². The number of ether oxygens (including phenoxy) is 1. The molecule has 0 spiro atoms. The maximum absolute atomic E-state index is 13.4. The predicted molar refractivity (Wildman–Crippen MR) is 128 cm³/mol. The highest BCUT2D eigenvalue weighted by atomic mass is 16.6. The van der Waals surface area contributed by atoms with E-state index in [0.29, 0.717) is 12.1 Å². The van der Waals surface area contributed by atoms with Gasteiger partial charge in [0.2, 0.25) is 11.8 Å². The quantitative estimate of drug-likeness (QED) is 0.588. The number of alkyl carbamates (subject to hydrolysis) is 1. The van der Waals surface area contributed by atoms with Crippen LogP contribution in [-0.2, 0) is 14.3 Å². The van der Waals surface area contributed by atoms with E-state index in [1.54, 1.807) is 26.8 Å². The second kappa shape index (κ2) is 11.7. The van der Waals surface area contributed by atoms with Gasteiger partial charge in [-0.15, -0.1) is 0 Å². The Hall–Kier alpha value is -2.83. The standard InChI is InChI=1S/C25H39N3O4/c1-9-11-15-28(20(29)17-26-23(31)32-25(6,7)8)21(22(30)27-24(3,4)5)19-14-12-13-18(10-2)16-19/h10,12-14,16,21H,2,9,11,15,17H2,1,3-8H3,(H,26,31)(H,27,30). The van der Waals surface area contributed by atoms with Crippen LogP contribution in [0.15, 0.2) is 30.8 Å². The zero-order valence-corrected chi connectivity index (χ0v) is 20.6. The van der Waals surface area contributed by atoms with Crippen LogP contribution in [-0.4, -0.2) is 47.0 Å². The summed E-state index contributed by atoms with van der Waals surface area (Å²) in [5.74, 6) is -0.636. The van der Waals surface area contributed by atoms with Crippen molar-refractivity contribution >= 4 is 24.0 Å². The number of rotatable bonds is 9. The molecule has 0 bridgehead atoms. The molecule has 0 aliphatic carbocycles. The molecule has 0 saturated carbocycles. The molecular formula is C25H39N3O4. The van der Waals surface area contributed by atoms with Gasteiger partial charge in [0.15, 0.2) is 0 Å². The van der Waals surface area contributed by atoms with E-state index in [4.69, 9.17) is 4.74 Å². The van der Waals surface area contributed by atoms with Crippen molar-refractivity contribution in [2.24, 2.45) is 0 Å². The lowest BCUT2D eigenvalue weighted by Crippen LogP contribution is -2.51. The number of nitrogens with one attached hydrogen (secondary N) is 2. The number of benzene rings is 1. The molecule has 178 valence electrons. The number of amides is 3. The molecule has 0 saturated heterocycles. The van der Waals surface area contributed by atoms with Crippen LogP contribution < -0.4 is 10.6 Å². The Morgan fingerprint density at radius 1 is 1.16 bits per heavy atom. The van der Waals surface area contributed by atoms with E-state index in [2.05, 4.69) is 17.2 Å². The van der Waals surface area contributed by atoms with Crippen LogP contribution in [0.4, 0.5) is 4.79 Å². The van der Waals surface area contributed by atoms with E-state index in [0.717, 1.165) is 18.4 Å². The Morgan fingerprint density at radius 2 is 1.81 bits per heavy atom. The largest absolute Gasteiger partial charge is 0.444 e. The van der Waals surface area contributed by atoms with Gasteiger partial charge >= 0.3 is 6.09 Å². The normalized spacial score (nSPS) is 12.5. The van der Waals surface area contributed by atoms with Crippen LogP contribution in [0.25, 0.3) is 6.08 Å². The van der Waals surface area contributed by atoms with E-state index in [9.17, 15) is 14.4 Å². The minimum Gasteiger partial charge on any atom is -0.444 e.